The molecule has 0 saturated heterocycles. The van der Waals surface area contributed by atoms with E-state index in [1.165, 1.54) is 0 Å². The van der Waals surface area contributed by atoms with E-state index in [0.717, 1.165) is 11.0 Å². The van der Waals surface area contributed by atoms with Crippen LogP contribution in [0.2, 0.25) is 0 Å². The Morgan fingerprint density at radius 2 is 2.18 bits per heavy atom. The van der Waals surface area contributed by atoms with E-state index < -0.39 is 11.2 Å². The molecule has 0 spiro atoms. The molecule has 0 fully saturated rings. The summed E-state index contributed by atoms with van der Waals surface area (Å²) in [6.07, 6.45) is 13.6. The highest BCUT2D eigenvalue weighted by Gasteiger charge is 2.26. The SMILES string of the molecule is C=C/C=C\C(=C1\C=CC=CC1)[S+]([O-])c1n[nH]c2c(OC(CCl)CCl)cccc12. The molecule has 1 atom stereocenters. The van der Waals surface area contributed by atoms with Crippen molar-refractivity contribution in [2.75, 3.05) is 11.8 Å². The Hall–Kier alpha value is -1.92. The van der Waals surface area contributed by atoms with Crippen molar-refractivity contribution >= 4 is 45.3 Å². The lowest BCUT2D eigenvalue weighted by atomic mass is 10.1. The average molecular weight is 435 g/mol. The molecule has 1 aromatic carbocycles. The van der Waals surface area contributed by atoms with Gasteiger partial charge in [0.2, 0.25) is 0 Å². The number of para-hydroxylation sites is 1. The average Bonchev–Trinajstić information content (AvgIpc) is 3.18. The Bertz CT molecular complexity index is 958. The molecule has 28 heavy (non-hydrogen) atoms. The third kappa shape index (κ3) is 4.55. The van der Waals surface area contributed by atoms with Gasteiger partial charge >= 0.3 is 0 Å². The number of nitrogens with one attached hydrogen (secondary N) is 1. The van der Waals surface area contributed by atoms with Gasteiger partial charge < -0.3 is 9.29 Å². The molecule has 1 unspecified atom stereocenters. The van der Waals surface area contributed by atoms with Crippen LogP contribution in [0.5, 0.6) is 5.75 Å². The number of benzene rings is 1. The minimum absolute atomic E-state index is 0.273. The van der Waals surface area contributed by atoms with Gasteiger partial charge in [0.1, 0.15) is 17.4 Å². The van der Waals surface area contributed by atoms with Crippen LogP contribution in [-0.4, -0.2) is 32.6 Å². The van der Waals surface area contributed by atoms with Crippen LogP contribution in [0.4, 0.5) is 0 Å². The van der Waals surface area contributed by atoms with Crippen LogP contribution < -0.4 is 4.74 Å². The van der Waals surface area contributed by atoms with Crippen molar-refractivity contribution in [2.45, 2.75) is 17.6 Å². The molecule has 3 rings (SSSR count). The summed E-state index contributed by atoms with van der Waals surface area (Å²) in [6, 6.07) is 5.51. The van der Waals surface area contributed by atoms with Gasteiger partial charge in [0.05, 0.1) is 17.1 Å². The number of hydrogen-bond donors (Lipinski definition) is 1. The van der Waals surface area contributed by atoms with Crippen LogP contribution in [0.15, 0.2) is 82.8 Å². The Morgan fingerprint density at radius 1 is 1.36 bits per heavy atom. The minimum atomic E-state index is -1.48. The molecule has 1 aliphatic carbocycles. The molecule has 0 aliphatic heterocycles. The van der Waals surface area contributed by atoms with Crippen molar-refractivity contribution in [3.63, 3.8) is 0 Å². The standard InChI is InChI=1S/C21H20Cl2N2O2S/c1-2-3-12-19(15-8-5-4-6-9-15)28(26)21-17-10-7-11-18(20(17)24-25-21)27-16(13-22)14-23/h2-8,10-12,16H,1,9,13-14H2,(H,24,25)/b12-3-,19-15+. The molecular formula is C21H20Cl2N2O2S. The lowest BCUT2D eigenvalue weighted by Gasteiger charge is -2.14. The van der Waals surface area contributed by atoms with Crippen molar-refractivity contribution < 1.29 is 9.29 Å². The molecule has 1 aliphatic rings. The van der Waals surface area contributed by atoms with E-state index in [9.17, 15) is 4.55 Å². The number of fused-ring (bicyclic) bond motifs is 1. The zero-order valence-corrected chi connectivity index (χ0v) is 17.4. The zero-order chi connectivity index (χ0) is 19.9. The van der Waals surface area contributed by atoms with Gasteiger partial charge in [0.15, 0.2) is 4.91 Å². The fourth-order valence-corrected chi connectivity index (χ4v) is 4.51. The largest absolute Gasteiger partial charge is 0.605 e. The highest BCUT2D eigenvalue weighted by Crippen LogP contribution is 2.33. The second-order valence-corrected chi connectivity index (χ2v) is 7.98. The fourth-order valence-electron chi connectivity index (χ4n) is 2.76. The van der Waals surface area contributed by atoms with Crippen molar-refractivity contribution in [1.29, 1.82) is 0 Å². The van der Waals surface area contributed by atoms with E-state index in [4.69, 9.17) is 27.9 Å². The molecule has 0 saturated carbocycles. The number of nitrogens with zero attached hydrogens (tertiary/aromatic N) is 1. The topological polar surface area (TPSA) is 61.0 Å². The zero-order valence-electron chi connectivity index (χ0n) is 15.1. The molecule has 0 radical (unpaired) electrons. The number of halogens is 2. The minimum Gasteiger partial charge on any atom is -0.605 e. The van der Waals surface area contributed by atoms with Gasteiger partial charge in [-0.2, -0.15) is 0 Å². The number of aromatic nitrogens is 2. The quantitative estimate of drug-likeness (QED) is 0.343. The maximum atomic E-state index is 13.4. The second kappa shape index (κ2) is 10.0. The van der Waals surface area contributed by atoms with Crippen LogP contribution in [0, 0.1) is 0 Å². The van der Waals surface area contributed by atoms with Crippen LogP contribution >= 0.6 is 23.2 Å². The van der Waals surface area contributed by atoms with Crippen LogP contribution in [0.3, 0.4) is 0 Å². The van der Waals surface area contributed by atoms with Crippen molar-refractivity contribution in [3.05, 3.63) is 77.8 Å². The first-order valence-electron chi connectivity index (χ1n) is 8.72. The Morgan fingerprint density at radius 3 is 2.86 bits per heavy atom. The summed E-state index contributed by atoms with van der Waals surface area (Å²) >= 11 is 10.3. The Balaban J connectivity index is 2.02. The summed E-state index contributed by atoms with van der Waals surface area (Å²) < 4.78 is 19.3. The lowest BCUT2D eigenvalue weighted by Crippen LogP contribution is -2.20. The molecule has 0 amide bonds. The van der Waals surface area contributed by atoms with E-state index in [-0.39, 0.29) is 17.9 Å². The molecule has 1 heterocycles. The van der Waals surface area contributed by atoms with E-state index in [1.807, 2.05) is 48.6 Å². The van der Waals surface area contributed by atoms with Crippen molar-refractivity contribution in [1.82, 2.24) is 10.2 Å². The first-order valence-corrected chi connectivity index (χ1v) is 10.9. The number of hydrogen-bond acceptors (Lipinski definition) is 3. The smallest absolute Gasteiger partial charge is 0.276 e. The molecule has 7 heteroatoms. The van der Waals surface area contributed by atoms with Gasteiger partial charge in [0.25, 0.3) is 5.03 Å². The molecule has 4 nitrogen and oxygen atoms in total. The van der Waals surface area contributed by atoms with Crippen molar-refractivity contribution in [2.24, 2.45) is 0 Å². The number of rotatable bonds is 8. The first-order chi connectivity index (χ1) is 13.7. The maximum Gasteiger partial charge on any atom is 0.276 e. The number of alkyl halides is 2. The molecule has 0 bridgehead atoms. The van der Waals surface area contributed by atoms with Gasteiger partial charge in [-0.1, -0.05) is 49.1 Å². The third-order valence-corrected chi connectivity index (χ3v) is 6.27. The Kier molecular flexibility index (Phi) is 7.45. The van der Waals surface area contributed by atoms with Crippen molar-refractivity contribution in [3.8, 4) is 5.75 Å². The Labute approximate surface area is 177 Å². The lowest BCUT2D eigenvalue weighted by molar-refractivity contribution is 0.251. The number of ether oxygens (including phenoxy) is 1. The van der Waals surface area contributed by atoms with Gasteiger partial charge in [-0.25, -0.2) is 0 Å². The second-order valence-electron chi connectivity index (χ2n) is 6.00. The normalized spacial score (nSPS) is 16.9. The molecule has 2 aromatic rings. The highest BCUT2D eigenvalue weighted by atomic mass is 35.5. The maximum absolute atomic E-state index is 13.4. The van der Waals surface area contributed by atoms with Gasteiger partial charge in [-0.05, 0) is 24.6 Å². The highest BCUT2D eigenvalue weighted by molar-refractivity contribution is 7.95. The summed E-state index contributed by atoms with van der Waals surface area (Å²) in [5.41, 5.74) is 1.65. The number of allylic oxidation sites excluding steroid dienone is 8. The summed E-state index contributed by atoms with van der Waals surface area (Å²) in [5, 5.41) is 8.47. The third-order valence-electron chi connectivity index (χ3n) is 4.12. The molecule has 1 N–H and O–H groups in total. The monoisotopic (exact) mass is 434 g/mol. The summed E-state index contributed by atoms with van der Waals surface area (Å²) in [6.45, 7) is 3.70. The number of aromatic amines is 1. The molecular weight excluding hydrogens is 415 g/mol. The van der Waals surface area contributed by atoms with Gasteiger partial charge in [-0.3, -0.25) is 5.10 Å². The van der Waals surface area contributed by atoms with Crippen LogP contribution in [0.1, 0.15) is 6.42 Å². The predicted octanol–water partition coefficient (Wildman–Crippen LogP) is 5.41. The van der Waals surface area contributed by atoms with E-state index in [1.54, 1.807) is 12.2 Å². The summed E-state index contributed by atoms with van der Waals surface area (Å²) in [4.78, 5) is 0.694. The first kappa shape index (κ1) is 20.8. The van der Waals surface area contributed by atoms with Gasteiger partial charge in [0, 0.05) is 16.7 Å². The number of H-pyrrole nitrogens is 1. The predicted molar refractivity (Wildman–Crippen MR) is 118 cm³/mol. The van der Waals surface area contributed by atoms with E-state index in [0.29, 0.717) is 27.6 Å². The van der Waals surface area contributed by atoms with Crippen LogP contribution in [0.25, 0.3) is 10.9 Å². The summed E-state index contributed by atoms with van der Waals surface area (Å²) in [5.74, 6) is 1.13. The van der Waals surface area contributed by atoms with Gasteiger partial charge in [-0.15, -0.1) is 28.3 Å². The van der Waals surface area contributed by atoms with Crippen LogP contribution in [-0.2, 0) is 11.2 Å². The molecule has 1 aromatic heterocycles. The van der Waals surface area contributed by atoms with E-state index >= 15 is 0 Å². The van der Waals surface area contributed by atoms with E-state index in [2.05, 4.69) is 16.8 Å². The fraction of sp³-hybridized carbons (Fsp3) is 0.190. The molecule has 146 valence electrons. The summed E-state index contributed by atoms with van der Waals surface area (Å²) in [7, 11) is 0.